The van der Waals surface area contributed by atoms with Gasteiger partial charge in [-0.2, -0.15) is 5.26 Å². The molecule has 2 aromatic rings. The molecular weight excluding hydrogens is 421 g/mol. The minimum absolute atomic E-state index is 0.0188. The second-order valence-corrected chi connectivity index (χ2v) is 8.75. The summed E-state index contributed by atoms with van der Waals surface area (Å²) >= 11 is 11.7. The first-order chi connectivity index (χ1) is 14.2. The van der Waals surface area contributed by atoms with Crippen LogP contribution in [0.2, 0.25) is 0 Å². The monoisotopic (exact) mass is 445 g/mol. The third-order valence-corrected chi connectivity index (χ3v) is 5.40. The second kappa shape index (κ2) is 10.5. The van der Waals surface area contributed by atoms with Crippen LogP contribution in [0.5, 0.6) is 11.5 Å². The highest BCUT2D eigenvalue weighted by atomic mass is 35.5. The number of ether oxygens (including phenoxy) is 1. The first-order valence-electron chi connectivity index (χ1n) is 9.69. The summed E-state index contributed by atoms with van der Waals surface area (Å²) in [5.74, 6) is -1.36. The lowest BCUT2D eigenvalue weighted by atomic mass is 9.61. The average molecular weight is 446 g/mol. The fourth-order valence-electron chi connectivity index (χ4n) is 3.85. The van der Waals surface area contributed by atoms with Crippen molar-refractivity contribution in [2.75, 3.05) is 0 Å². The largest absolute Gasteiger partial charge is 0.481 e. The standard InChI is InChI=1S/C24H25Cl2NO3/c1-16(2)14-24(23(28)29,17(3)12-22(25)26)21(15-27)18-8-7-11-20(13-18)30-19-9-5-4-6-10-19/h4-13,16-17,21H,14H2,1-3H3,(H,28,29). The first kappa shape index (κ1) is 23.8. The van der Waals surface area contributed by atoms with Crippen LogP contribution in [0.25, 0.3) is 0 Å². The zero-order valence-corrected chi connectivity index (χ0v) is 18.7. The molecule has 0 aliphatic carbocycles. The zero-order valence-electron chi connectivity index (χ0n) is 17.2. The molecule has 0 saturated heterocycles. The van der Waals surface area contributed by atoms with Gasteiger partial charge in [0.15, 0.2) is 0 Å². The summed E-state index contributed by atoms with van der Waals surface area (Å²) in [6.45, 7) is 5.59. The highest BCUT2D eigenvalue weighted by molar-refractivity contribution is 6.55. The maximum Gasteiger partial charge on any atom is 0.311 e. The van der Waals surface area contributed by atoms with Gasteiger partial charge >= 0.3 is 5.97 Å². The summed E-state index contributed by atoms with van der Waals surface area (Å²) < 4.78 is 5.86. The number of para-hydroxylation sites is 1. The van der Waals surface area contributed by atoms with Crippen molar-refractivity contribution in [1.29, 1.82) is 5.26 Å². The maximum absolute atomic E-state index is 12.6. The molecule has 0 spiro atoms. The van der Waals surface area contributed by atoms with Gasteiger partial charge in [0.25, 0.3) is 0 Å². The maximum atomic E-state index is 12.6. The second-order valence-electron chi connectivity index (χ2n) is 7.74. The Morgan fingerprint density at radius 1 is 1.13 bits per heavy atom. The zero-order chi connectivity index (χ0) is 22.3. The number of carbonyl (C=O) groups is 1. The van der Waals surface area contributed by atoms with Crippen LogP contribution < -0.4 is 4.74 Å². The Hall–Kier alpha value is -2.48. The minimum Gasteiger partial charge on any atom is -0.481 e. The molecule has 2 rings (SSSR count). The molecule has 0 heterocycles. The van der Waals surface area contributed by atoms with Crippen molar-refractivity contribution >= 4 is 29.2 Å². The van der Waals surface area contributed by atoms with Crippen molar-refractivity contribution in [2.45, 2.75) is 33.1 Å². The van der Waals surface area contributed by atoms with E-state index in [4.69, 9.17) is 27.9 Å². The molecule has 30 heavy (non-hydrogen) atoms. The molecule has 6 heteroatoms. The molecule has 0 amide bonds. The van der Waals surface area contributed by atoms with E-state index in [1.807, 2.05) is 44.2 Å². The number of hydrogen-bond acceptors (Lipinski definition) is 3. The van der Waals surface area contributed by atoms with Gasteiger partial charge in [0.1, 0.15) is 16.0 Å². The highest BCUT2D eigenvalue weighted by Crippen LogP contribution is 2.49. The van der Waals surface area contributed by atoms with Crippen molar-refractivity contribution < 1.29 is 14.6 Å². The van der Waals surface area contributed by atoms with Gasteiger partial charge in [0.2, 0.25) is 0 Å². The average Bonchev–Trinajstić information content (AvgIpc) is 2.67. The van der Waals surface area contributed by atoms with Crippen LogP contribution in [0.4, 0.5) is 0 Å². The molecule has 0 bridgehead atoms. The molecule has 3 unspecified atom stereocenters. The van der Waals surface area contributed by atoms with E-state index in [0.717, 1.165) is 0 Å². The first-order valence-corrected chi connectivity index (χ1v) is 10.4. The molecule has 3 atom stereocenters. The molecule has 0 aliphatic rings. The normalized spacial score (nSPS) is 14.8. The summed E-state index contributed by atoms with van der Waals surface area (Å²) in [6.07, 6.45) is 1.78. The van der Waals surface area contributed by atoms with Gasteiger partial charge in [-0.3, -0.25) is 4.79 Å². The van der Waals surface area contributed by atoms with Crippen LogP contribution >= 0.6 is 23.2 Å². The summed E-state index contributed by atoms with van der Waals surface area (Å²) in [4.78, 5) is 12.6. The smallest absolute Gasteiger partial charge is 0.311 e. The molecular formula is C24H25Cl2NO3. The molecule has 0 aromatic heterocycles. The molecule has 2 aromatic carbocycles. The third-order valence-electron chi connectivity index (χ3n) is 5.15. The highest BCUT2D eigenvalue weighted by Gasteiger charge is 2.51. The van der Waals surface area contributed by atoms with E-state index in [-0.39, 0.29) is 16.8 Å². The van der Waals surface area contributed by atoms with Crippen molar-refractivity contribution in [3.05, 3.63) is 70.7 Å². The molecule has 0 radical (unpaired) electrons. The number of hydrogen-bond donors (Lipinski definition) is 1. The Labute approximate surface area is 187 Å². The van der Waals surface area contributed by atoms with E-state index in [2.05, 4.69) is 6.07 Å². The molecule has 0 saturated carbocycles. The van der Waals surface area contributed by atoms with Crippen LogP contribution in [0, 0.1) is 28.6 Å². The van der Waals surface area contributed by atoms with Crippen LogP contribution in [-0.2, 0) is 4.79 Å². The third kappa shape index (κ3) is 5.56. The lowest BCUT2D eigenvalue weighted by molar-refractivity contribution is -0.153. The van der Waals surface area contributed by atoms with Crippen LogP contribution in [0.3, 0.4) is 0 Å². The summed E-state index contributed by atoms with van der Waals surface area (Å²) in [5, 5.41) is 20.4. The van der Waals surface area contributed by atoms with Crippen molar-refractivity contribution in [3.8, 4) is 17.6 Å². The Balaban J connectivity index is 2.56. The topological polar surface area (TPSA) is 70.3 Å². The van der Waals surface area contributed by atoms with Crippen LogP contribution in [0.15, 0.2) is 65.2 Å². The number of nitrogens with zero attached hydrogens (tertiary/aromatic N) is 1. The van der Waals surface area contributed by atoms with E-state index in [1.165, 1.54) is 6.08 Å². The molecule has 0 fully saturated rings. The Morgan fingerprint density at radius 2 is 1.77 bits per heavy atom. The van der Waals surface area contributed by atoms with E-state index in [0.29, 0.717) is 17.1 Å². The number of allylic oxidation sites excluding steroid dienone is 1. The lowest BCUT2D eigenvalue weighted by Gasteiger charge is -2.39. The van der Waals surface area contributed by atoms with Crippen molar-refractivity contribution in [2.24, 2.45) is 17.3 Å². The van der Waals surface area contributed by atoms with E-state index in [9.17, 15) is 15.2 Å². The number of rotatable bonds is 9. The van der Waals surface area contributed by atoms with Gasteiger partial charge in [-0.1, -0.05) is 80.4 Å². The van der Waals surface area contributed by atoms with Gasteiger partial charge < -0.3 is 9.84 Å². The quantitative estimate of drug-likeness (QED) is 0.444. The minimum atomic E-state index is -1.41. The van der Waals surface area contributed by atoms with Gasteiger partial charge in [-0.25, -0.2) is 0 Å². The van der Waals surface area contributed by atoms with Gasteiger partial charge in [0.05, 0.1) is 17.4 Å². The fraction of sp³-hybridized carbons (Fsp3) is 0.333. The Bertz CT molecular complexity index is 933. The Kier molecular flexibility index (Phi) is 8.34. The van der Waals surface area contributed by atoms with E-state index < -0.39 is 23.2 Å². The lowest BCUT2D eigenvalue weighted by Crippen LogP contribution is -2.43. The number of aliphatic carboxylic acids is 1. The van der Waals surface area contributed by atoms with Crippen molar-refractivity contribution in [1.82, 2.24) is 0 Å². The van der Waals surface area contributed by atoms with Crippen molar-refractivity contribution in [3.63, 3.8) is 0 Å². The molecule has 4 nitrogen and oxygen atoms in total. The number of carboxylic acids is 1. The van der Waals surface area contributed by atoms with Gasteiger partial charge in [-0.15, -0.1) is 0 Å². The van der Waals surface area contributed by atoms with Crippen LogP contribution in [0.1, 0.15) is 38.7 Å². The SMILES string of the molecule is CC(C)CC(C(=O)O)(C(C)C=C(Cl)Cl)C(C#N)c1cccc(Oc2ccccc2)c1. The van der Waals surface area contributed by atoms with Gasteiger partial charge in [-0.05, 0) is 48.1 Å². The molecule has 158 valence electrons. The molecule has 1 N–H and O–H groups in total. The Morgan fingerprint density at radius 3 is 2.30 bits per heavy atom. The predicted octanol–water partition coefficient (Wildman–Crippen LogP) is 7.16. The van der Waals surface area contributed by atoms with E-state index in [1.54, 1.807) is 31.2 Å². The number of benzene rings is 2. The summed E-state index contributed by atoms with van der Waals surface area (Å²) in [7, 11) is 0. The number of nitriles is 1. The van der Waals surface area contributed by atoms with Gasteiger partial charge in [0, 0.05) is 0 Å². The number of carboxylic acid groups (broad SMARTS) is 1. The fourth-order valence-corrected chi connectivity index (χ4v) is 4.23. The number of halogens is 2. The predicted molar refractivity (Wildman–Crippen MR) is 120 cm³/mol. The van der Waals surface area contributed by atoms with Crippen LogP contribution in [-0.4, -0.2) is 11.1 Å². The van der Waals surface area contributed by atoms with E-state index >= 15 is 0 Å². The molecule has 0 aliphatic heterocycles. The summed E-state index contributed by atoms with van der Waals surface area (Å²) in [6, 6.07) is 18.5. The summed E-state index contributed by atoms with van der Waals surface area (Å²) in [5.41, 5.74) is -0.844.